The molecule has 0 aliphatic heterocycles. The molecule has 0 amide bonds. The number of alkyl halides is 2. The molecular weight excluding hydrogens is 384 g/mol. The largest absolute Gasteiger partial charge is 0.480 e. The average molecular weight is 398 g/mol. The Bertz CT molecular complexity index is 572. The second-order valence-electron chi connectivity index (χ2n) is 4.55. The summed E-state index contributed by atoms with van der Waals surface area (Å²) in [5.74, 6) is -0.885. The standard InChI is InChI=1S/C16H14Br2O2/c17-14(12-7-3-1-4-8-12)11-16(18,15(19)20)13-9-5-2-6-10-13/h1-10,14H,11H2,(H,19,20). The molecule has 2 aromatic carbocycles. The summed E-state index contributed by atoms with van der Waals surface area (Å²) < 4.78 is -1.10. The first-order valence-electron chi connectivity index (χ1n) is 6.21. The van der Waals surface area contributed by atoms with E-state index in [0.717, 1.165) is 11.1 Å². The van der Waals surface area contributed by atoms with E-state index in [1.54, 1.807) is 0 Å². The van der Waals surface area contributed by atoms with Crippen molar-refractivity contribution in [1.82, 2.24) is 0 Å². The SMILES string of the molecule is O=C(O)C(Br)(CC(Br)c1ccccc1)c1ccccc1. The van der Waals surface area contributed by atoms with E-state index >= 15 is 0 Å². The van der Waals surface area contributed by atoms with E-state index in [1.807, 2.05) is 60.7 Å². The lowest BCUT2D eigenvalue weighted by Gasteiger charge is -2.26. The van der Waals surface area contributed by atoms with Crippen molar-refractivity contribution in [3.8, 4) is 0 Å². The quantitative estimate of drug-likeness (QED) is 0.729. The summed E-state index contributed by atoms with van der Waals surface area (Å²) >= 11 is 7.02. The molecule has 0 saturated heterocycles. The first-order valence-corrected chi connectivity index (χ1v) is 7.92. The van der Waals surface area contributed by atoms with Crippen LogP contribution in [0, 0.1) is 0 Å². The van der Waals surface area contributed by atoms with Gasteiger partial charge in [-0.05, 0) is 17.5 Å². The summed E-state index contributed by atoms with van der Waals surface area (Å²) in [6.45, 7) is 0. The van der Waals surface area contributed by atoms with Gasteiger partial charge in [-0.15, -0.1) is 0 Å². The summed E-state index contributed by atoms with van der Waals surface area (Å²) in [6.07, 6.45) is 0.413. The number of benzene rings is 2. The molecule has 0 radical (unpaired) electrons. The molecule has 0 heterocycles. The Morgan fingerprint density at radius 2 is 1.55 bits per heavy atom. The van der Waals surface area contributed by atoms with Crippen LogP contribution in [0.4, 0.5) is 0 Å². The maximum atomic E-state index is 11.7. The Hall–Kier alpha value is -1.13. The van der Waals surface area contributed by atoms with E-state index in [0.29, 0.717) is 6.42 Å². The predicted molar refractivity (Wildman–Crippen MR) is 87.4 cm³/mol. The van der Waals surface area contributed by atoms with Crippen LogP contribution >= 0.6 is 31.9 Å². The molecule has 2 unspecified atom stereocenters. The molecule has 0 aliphatic rings. The van der Waals surface area contributed by atoms with Gasteiger partial charge in [0.1, 0.15) is 4.32 Å². The number of carboxylic acid groups (broad SMARTS) is 1. The molecule has 0 aromatic heterocycles. The van der Waals surface area contributed by atoms with Crippen molar-refractivity contribution in [2.24, 2.45) is 0 Å². The highest BCUT2D eigenvalue weighted by Crippen LogP contribution is 2.43. The zero-order chi connectivity index (χ0) is 14.6. The van der Waals surface area contributed by atoms with Crippen LogP contribution in [0.5, 0.6) is 0 Å². The molecular formula is C16H14Br2O2. The van der Waals surface area contributed by atoms with Gasteiger partial charge in [0.05, 0.1) is 0 Å². The van der Waals surface area contributed by atoms with Crippen LogP contribution in [0.15, 0.2) is 60.7 Å². The molecule has 0 fully saturated rings. The highest BCUT2D eigenvalue weighted by atomic mass is 79.9. The molecule has 4 heteroatoms. The van der Waals surface area contributed by atoms with Crippen molar-refractivity contribution in [2.45, 2.75) is 15.6 Å². The van der Waals surface area contributed by atoms with Gasteiger partial charge >= 0.3 is 5.97 Å². The lowest BCUT2D eigenvalue weighted by Crippen LogP contribution is -2.30. The van der Waals surface area contributed by atoms with Crippen molar-refractivity contribution in [1.29, 1.82) is 0 Å². The Morgan fingerprint density at radius 1 is 1.05 bits per heavy atom. The molecule has 20 heavy (non-hydrogen) atoms. The minimum atomic E-state index is -1.10. The normalized spacial score (nSPS) is 15.3. The smallest absolute Gasteiger partial charge is 0.325 e. The minimum absolute atomic E-state index is 0.0422. The molecule has 0 bridgehead atoms. The fourth-order valence-electron chi connectivity index (χ4n) is 2.06. The number of rotatable bonds is 5. The summed E-state index contributed by atoms with van der Waals surface area (Å²) in [7, 11) is 0. The molecule has 2 atom stereocenters. The summed E-state index contributed by atoms with van der Waals surface area (Å²) in [5.41, 5.74) is 1.81. The van der Waals surface area contributed by atoms with E-state index in [1.165, 1.54) is 0 Å². The van der Waals surface area contributed by atoms with E-state index in [4.69, 9.17) is 0 Å². The van der Waals surface area contributed by atoms with Gasteiger partial charge < -0.3 is 5.11 Å². The molecule has 1 N–H and O–H groups in total. The van der Waals surface area contributed by atoms with Gasteiger partial charge in [0.2, 0.25) is 0 Å². The van der Waals surface area contributed by atoms with Crippen LogP contribution < -0.4 is 0 Å². The topological polar surface area (TPSA) is 37.3 Å². The molecule has 2 rings (SSSR count). The molecule has 104 valence electrons. The molecule has 2 nitrogen and oxygen atoms in total. The van der Waals surface area contributed by atoms with Gasteiger partial charge in [-0.3, -0.25) is 4.79 Å². The van der Waals surface area contributed by atoms with Crippen LogP contribution in [-0.2, 0) is 9.12 Å². The third-order valence-electron chi connectivity index (χ3n) is 3.19. The highest BCUT2D eigenvalue weighted by molar-refractivity contribution is 9.10. The second kappa shape index (κ2) is 6.55. The lowest BCUT2D eigenvalue weighted by molar-refractivity contribution is -0.140. The third kappa shape index (κ3) is 3.30. The molecule has 0 aliphatic carbocycles. The highest BCUT2D eigenvalue weighted by Gasteiger charge is 2.39. The van der Waals surface area contributed by atoms with Crippen molar-refractivity contribution in [2.75, 3.05) is 0 Å². The zero-order valence-electron chi connectivity index (χ0n) is 10.7. The first kappa shape index (κ1) is 15.3. The Labute approximate surface area is 135 Å². The number of carbonyl (C=O) groups is 1. The fourth-order valence-corrected chi connectivity index (χ4v) is 3.87. The fraction of sp³-hybridized carbons (Fsp3) is 0.188. The number of carboxylic acids is 1. The van der Waals surface area contributed by atoms with Gasteiger partial charge in [-0.2, -0.15) is 0 Å². The van der Waals surface area contributed by atoms with Crippen LogP contribution in [0.1, 0.15) is 22.4 Å². The van der Waals surface area contributed by atoms with Crippen molar-refractivity contribution in [3.05, 3.63) is 71.8 Å². The lowest BCUT2D eigenvalue weighted by atomic mass is 9.92. The van der Waals surface area contributed by atoms with Crippen molar-refractivity contribution < 1.29 is 9.90 Å². The minimum Gasteiger partial charge on any atom is -0.480 e. The van der Waals surface area contributed by atoms with Gasteiger partial charge in [-0.25, -0.2) is 0 Å². The van der Waals surface area contributed by atoms with Gasteiger partial charge in [-0.1, -0.05) is 92.5 Å². The summed E-state index contributed by atoms with van der Waals surface area (Å²) in [4.78, 5) is 11.7. The predicted octanol–water partition coefficient (Wildman–Crippen LogP) is 4.89. The van der Waals surface area contributed by atoms with E-state index in [2.05, 4.69) is 31.9 Å². The maximum absolute atomic E-state index is 11.7. The average Bonchev–Trinajstić information content (AvgIpc) is 2.48. The monoisotopic (exact) mass is 396 g/mol. The van der Waals surface area contributed by atoms with Gasteiger partial charge in [0, 0.05) is 4.83 Å². The first-order chi connectivity index (χ1) is 9.54. The molecule has 2 aromatic rings. The van der Waals surface area contributed by atoms with Gasteiger partial charge in [0.25, 0.3) is 0 Å². The Morgan fingerprint density at radius 3 is 2.05 bits per heavy atom. The second-order valence-corrected chi connectivity index (χ2v) is 7.01. The van der Waals surface area contributed by atoms with Crippen molar-refractivity contribution >= 4 is 37.8 Å². The van der Waals surface area contributed by atoms with Crippen LogP contribution in [0.3, 0.4) is 0 Å². The van der Waals surface area contributed by atoms with Gasteiger partial charge in [0.15, 0.2) is 0 Å². The third-order valence-corrected chi connectivity index (χ3v) is 5.17. The van der Waals surface area contributed by atoms with E-state index < -0.39 is 10.3 Å². The number of aliphatic carboxylic acids is 1. The molecule has 0 saturated carbocycles. The number of hydrogen-bond acceptors (Lipinski definition) is 1. The summed E-state index contributed by atoms with van der Waals surface area (Å²) in [5, 5.41) is 9.61. The summed E-state index contributed by atoms with van der Waals surface area (Å²) in [6, 6.07) is 19.0. The van der Waals surface area contributed by atoms with E-state index in [9.17, 15) is 9.90 Å². The molecule has 0 spiro atoms. The Balaban J connectivity index is 2.29. The number of hydrogen-bond donors (Lipinski definition) is 1. The van der Waals surface area contributed by atoms with Crippen LogP contribution in [0.25, 0.3) is 0 Å². The van der Waals surface area contributed by atoms with Crippen molar-refractivity contribution in [3.63, 3.8) is 0 Å². The van der Waals surface area contributed by atoms with Crippen LogP contribution in [0.2, 0.25) is 0 Å². The Kier molecular flexibility index (Phi) is 5.00. The van der Waals surface area contributed by atoms with E-state index in [-0.39, 0.29) is 4.83 Å². The van der Waals surface area contributed by atoms with Crippen LogP contribution in [-0.4, -0.2) is 11.1 Å². The zero-order valence-corrected chi connectivity index (χ0v) is 13.8. The number of halogens is 2. The maximum Gasteiger partial charge on any atom is 0.325 e.